The Morgan fingerprint density at radius 1 is 1.22 bits per heavy atom. The van der Waals surface area contributed by atoms with Crippen LogP contribution in [-0.4, -0.2) is 60.8 Å². The number of carbonyl (C=O) groups is 1. The topological polar surface area (TPSA) is 84.9 Å². The Bertz CT molecular complexity index is 1470. The van der Waals surface area contributed by atoms with E-state index in [9.17, 15) is 23.1 Å². The molecule has 4 aromatic rings. The van der Waals surface area contributed by atoms with E-state index in [1.54, 1.807) is 22.7 Å². The Labute approximate surface area is 206 Å². The molecule has 3 aromatic heterocycles. The van der Waals surface area contributed by atoms with Crippen molar-refractivity contribution in [3.05, 3.63) is 71.6 Å². The number of amides is 1. The molecular formula is C24H20F5N5O3. The third kappa shape index (κ3) is 4.73. The number of morpholine rings is 1. The van der Waals surface area contributed by atoms with E-state index >= 15 is 8.78 Å². The van der Waals surface area contributed by atoms with Crippen LogP contribution in [0.4, 0.5) is 26.7 Å². The number of carboxylic acid groups (broad SMARTS) is 1. The predicted molar refractivity (Wildman–Crippen MR) is 120 cm³/mol. The van der Waals surface area contributed by atoms with Crippen molar-refractivity contribution < 1.29 is 36.6 Å². The van der Waals surface area contributed by atoms with Gasteiger partial charge in [0.2, 0.25) is 0 Å². The zero-order chi connectivity index (χ0) is 26.5. The number of fused-ring (bicyclic) bond motifs is 1. The number of benzene rings is 1. The van der Waals surface area contributed by atoms with Crippen LogP contribution in [0.25, 0.3) is 22.6 Å². The number of pyridine rings is 1. The smallest absolute Gasteiger partial charge is 0.434 e. The van der Waals surface area contributed by atoms with E-state index in [0.29, 0.717) is 17.5 Å². The molecule has 8 nitrogen and oxygen atoms in total. The normalized spacial score (nSPS) is 16.5. The van der Waals surface area contributed by atoms with Gasteiger partial charge in [-0.05, 0) is 36.8 Å². The molecule has 1 unspecified atom stereocenters. The lowest BCUT2D eigenvalue weighted by atomic mass is 10.0. The van der Waals surface area contributed by atoms with E-state index in [1.165, 1.54) is 4.90 Å². The number of hydrogen-bond acceptors (Lipinski definition) is 4. The molecule has 5 rings (SSSR count). The molecule has 37 heavy (non-hydrogen) atoms. The molecule has 0 aliphatic carbocycles. The second-order valence-corrected chi connectivity index (χ2v) is 8.71. The molecule has 1 fully saturated rings. The first-order chi connectivity index (χ1) is 17.5. The highest BCUT2D eigenvalue weighted by Gasteiger charge is 2.34. The molecule has 0 spiro atoms. The van der Waals surface area contributed by atoms with Gasteiger partial charge < -0.3 is 23.7 Å². The SMILES string of the molecule is Cc1ccn2c(CC3CN(C(=O)O)CCO3)c(-c3c(F)cc(-n4cnc(C(F)(F)F)c4)cc3F)nc2c1. The molecule has 0 radical (unpaired) electrons. The number of imidazole rings is 2. The van der Waals surface area contributed by atoms with E-state index in [1.807, 2.05) is 6.92 Å². The largest absolute Gasteiger partial charge is 0.465 e. The average Bonchev–Trinajstić information content (AvgIpc) is 3.45. The molecule has 0 bridgehead atoms. The Kier molecular flexibility index (Phi) is 6.10. The monoisotopic (exact) mass is 521 g/mol. The van der Waals surface area contributed by atoms with Crippen molar-refractivity contribution in [3.8, 4) is 16.9 Å². The van der Waals surface area contributed by atoms with Gasteiger partial charge in [-0.1, -0.05) is 0 Å². The Hall–Kier alpha value is -4.00. The fourth-order valence-corrected chi connectivity index (χ4v) is 4.37. The number of halogens is 5. The van der Waals surface area contributed by atoms with Crippen molar-refractivity contribution >= 4 is 11.7 Å². The van der Waals surface area contributed by atoms with Gasteiger partial charge in [0.25, 0.3) is 0 Å². The molecule has 0 saturated carbocycles. The van der Waals surface area contributed by atoms with Crippen molar-refractivity contribution in [1.82, 2.24) is 23.8 Å². The highest BCUT2D eigenvalue weighted by Crippen LogP contribution is 2.34. The lowest BCUT2D eigenvalue weighted by molar-refractivity contribution is -0.140. The summed E-state index contributed by atoms with van der Waals surface area (Å²) in [6.45, 7) is 2.28. The van der Waals surface area contributed by atoms with Gasteiger partial charge in [-0.3, -0.25) is 0 Å². The number of ether oxygens (including phenoxy) is 1. The summed E-state index contributed by atoms with van der Waals surface area (Å²) in [7, 11) is 0. The van der Waals surface area contributed by atoms with Gasteiger partial charge in [-0.2, -0.15) is 13.2 Å². The third-order valence-electron chi connectivity index (χ3n) is 6.15. The first-order valence-corrected chi connectivity index (χ1v) is 11.2. The standard InChI is InChI=1S/C24H20F5N5O3/c1-13-2-3-34-18(9-15-10-32(23(35)36)4-5-37-15)22(31-20(34)6-13)21-16(25)7-14(8-17(21)26)33-11-19(30-12-33)24(27,28)29/h2-3,6-8,11-12,15H,4-5,9-10H2,1H3,(H,35,36). The van der Waals surface area contributed by atoms with Gasteiger partial charge in [-0.25, -0.2) is 23.5 Å². The third-order valence-corrected chi connectivity index (χ3v) is 6.15. The van der Waals surface area contributed by atoms with Crippen LogP contribution in [0.5, 0.6) is 0 Å². The van der Waals surface area contributed by atoms with Crippen LogP contribution >= 0.6 is 0 Å². The van der Waals surface area contributed by atoms with Gasteiger partial charge >= 0.3 is 12.3 Å². The van der Waals surface area contributed by atoms with Crippen LogP contribution in [0.3, 0.4) is 0 Å². The molecule has 1 saturated heterocycles. The number of aryl methyl sites for hydroxylation is 1. The number of aromatic nitrogens is 4. The lowest BCUT2D eigenvalue weighted by Crippen LogP contribution is -2.45. The maximum atomic E-state index is 15.4. The molecule has 194 valence electrons. The molecule has 1 atom stereocenters. The second kappa shape index (κ2) is 9.14. The van der Waals surface area contributed by atoms with Crippen molar-refractivity contribution in [2.45, 2.75) is 25.6 Å². The minimum atomic E-state index is -4.71. The van der Waals surface area contributed by atoms with Crippen LogP contribution in [0.1, 0.15) is 17.0 Å². The number of hydrogen-bond donors (Lipinski definition) is 1. The van der Waals surface area contributed by atoms with Crippen LogP contribution in [0.15, 0.2) is 43.0 Å². The number of alkyl halides is 3. The average molecular weight is 521 g/mol. The van der Waals surface area contributed by atoms with Gasteiger partial charge in [0, 0.05) is 25.4 Å². The maximum absolute atomic E-state index is 15.4. The van der Waals surface area contributed by atoms with Crippen LogP contribution in [0.2, 0.25) is 0 Å². The van der Waals surface area contributed by atoms with Crippen LogP contribution in [0, 0.1) is 18.6 Å². The van der Waals surface area contributed by atoms with E-state index in [0.717, 1.165) is 28.6 Å². The Balaban J connectivity index is 1.58. The van der Waals surface area contributed by atoms with Gasteiger partial charge in [0.05, 0.1) is 48.2 Å². The minimum absolute atomic E-state index is 0.00944. The molecule has 1 aromatic carbocycles. The minimum Gasteiger partial charge on any atom is -0.465 e. The zero-order valence-corrected chi connectivity index (χ0v) is 19.3. The molecule has 4 heterocycles. The highest BCUT2D eigenvalue weighted by atomic mass is 19.4. The lowest BCUT2D eigenvalue weighted by Gasteiger charge is -2.31. The maximum Gasteiger partial charge on any atom is 0.434 e. The molecule has 13 heteroatoms. The molecule has 1 aliphatic heterocycles. The van der Waals surface area contributed by atoms with Crippen molar-refractivity contribution in [1.29, 1.82) is 0 Å². The summed E-state index contributed by atoms with van der Waals surface area (Å²) < 4.78 is 77.8. The highest BCUT2D eigenvalue weighted by molar-refractivity contribution is 5.69. The summed E-state index contributed by atoms with van der Waals surface area (Å²) in [5.74, 6) is -2.06. The van der Waals surface area contributed by atoms with E-state index < -0.39 is 41.3 Å². The number of nitrogens with zero attached hydrogens (tertiary/aromatic N) is 5. The summed E-state index contributed by atoms with van der Waals surface area (Å²) in [5, 5.41) is 9.34. The van der Waals surface area contributed by atoms with Gasteiger partial charge in [0.1, 0.15) is 17.3 Å². The van der Waals surface area contributed by atoms with Crippen molar-refractivity contribution in [3.63, 3.8) is 0 Å². The molecular weight excluding hydrogens is 501 g/mol. The number of rotatable bonds is 4. The zero-order valence-electron chi connectivity index (χ0n) is 19.3. The second-order valence-electron chi connectivity index (χ2n) is 8.71. The summed E-state index contributed by atoms with van der Waals surface area (Å²) >= 11 is 0. The fourth-order valence-electron chi connectivity index (χ4n) is 4.37. The Morgan fingerprint density at radius 2 is 1.95 bits per heavy atom. The van der Waals surface area contributed by atoms with Crippen LogP contribution in [-0.2, 0) is 17.3 Å². The summed E-state index contributed by atoms with van der Waals surface area (Å²) in [5.41, 5.74) is -0.165. The van der Waals surface area contributed by atoms with Gasteiger partial charge in [0.15, 0.2) is 5.69 Å². The molecule has 1 aliphatic rings. The first-order valence-electron chi connectivity index (χ1n) is 11.2. The van der Waals surface area contributed by atoms with E-state index in [-0.39, 0.29) is 37.5 Å². The summed E-state index contributed by atoms with van der Waals surface area (Å²) in [6, 6.07) is 5.33. The van der Waals surface area contributed by atoms with Crippen molar-refractivity contribution in [2.75, 3.05) is 19.7 Å². The fraction of sp³-hybridized carbons (Fsp3) is 0.292. The Morgan fingerprint density at radius 3 is 2.59 bits per heavy atom. The predicted octanol–water partition coefficient (Wildman–Crippen LogP) is 4.71. The van der Waals surface area contributed by atoms with Crippen molar-refractivity contribution in [2.24, 2.45) is 0 Å². The van der Waals surface area contributed by atoms with Gasteiger partial charge in [-0.15, -0.1) is 0 Å². The molecule has 1 N–H and O–H groups in total. The molecule has 1 amide bonds. The van der Waals surface area contributed by atoms with E-state index in [2.05, 4.69) is 9.97 Å². The first kappa shape index (κ1) is 24.7. The summed E-state index contributed by atoms with van der Waals surface area (Å²) in [6.07, 6.45) is -3.11. The summed E-state index contributed by atoms with van der Waals surface area (Å²) in [4.78, 5) is 20.3. The quantitative estimate of drug-likeness (QED) is 0.393. The van der Waals surface area contributed by atoms with Crippen LogP contribution < -0.4 is 0 Å². The van der Waals surface area contributed by atoms with E-state index in [4.69, 9.17) is 4.74 Å².